The van der Waals surface area contributed by atoms with Crippen LogP contribution in [0.25, 0.3) is 10.6 Å². The van der Waals surface area contributed by atoms with Gasteiger partial charge in [-0.3, -0.25) is 0 Å². The quantitative estimate of drug-likeness (QED) is 0.324. The predicted molar refractivity (Wildman–Crippen MR) is 138 cm³/mol. The number of aromatic nitrogens is 3. The van der Waals surface area contributed by atoms with Gasteiger partial charge in [0.2, 0.25) is 5.95 Å². The summed E-state index contributed by atoms with van der Waals surface area (Å²) < 4.78 is 10.4. The molecule has 3 aromatic rings. The van der Waals surface area contributed by atoms with E-state index in [9.17, 15) is 4.79 Å². The molecule has 2 aromatic heterocycles. The summed E-state index contributed by atoms with van der Waals surface area (Å²) in [5.41, 5.74) is 3.27. The normalized spacial score (nSPS) is 13.4. The Hall–Kier alpha value is -3.24. The van der Waals surface area contributed by atoms with Crippen LogP contribution in [0, 0.1) is 0 Å². The van der Waals surface area contributed by atoms with Crippen molar-refractivity contribution in [2.24, 2.45) is 0 Å². The van der Waals surface area contributed by atoms with Crippen molar-refractivity contribution < 1.29 is 14.3 Å². The number of hydrogen-bond donors (Lipinski definition) is 3. The van der Waals surface area contributed by atoms with Crippen LogP contribution in [0.4, 0.5) is 21.6 Å². The summed E-state index contributed by atoms with van der Waals surface area (Å²) in [6.07, 6.45) is 3.66. The first kappa shape index (κ1) is 24.9. The monoisotopic (exact) mass is 496 g/mol. The van der Waals surface area contributed by atoms with E-state index in [1.165, 1.54) is 12.8 Å². The van der Waals surface area contributed by atoms with E-state index in [2.05, 4.69) is 20.9 Å². The Kier molecular flexibility index (Phi) is 7.82. The number of amides is 1. The zero-order valence-corrected chi connectivity index (χ0v) is 21.4. The number of anilines is 3. The lowest BCUT2D eigenvalue weighted by molar-refractivity contribution is 0.0523. The van der Waals surface area contributed by atoms with Crippen molar-refractivity contribution >= 4 is 34.2 Å². The zero-order chi connectivity index (χ0) is 24.8. The number of methoxy groups -OCH3 is 1. The zero-order valence-electron chi connectivity index (χ0n) is 20.6. The highest BCUT2D eigenvalue weighted by atomic mass is 32.1. The van der Waals surface area contributed by atoms with Gasteiger partial charge in [0.05, 0.1) is 22.9 Å². The molecular formula is C25H32N6O3S. The highest BCUT2D eigenvalue weighted by Crippen LogP contribution is 2.46. The second-order valence-corrected chi connectivity index (χ2v) is 10.4. The van der Waals surface area contributed by atoms with Crippen molar-refractivity contribution in [2.45, 2.75) is 51.7 Å². The molecule has 0 saturated heterocycles. The molecule has 4 rings (SSSR count). The number of carbonyl (C=O) groups excluding carboxylic acids is 1. The van der Waals surface area contributed by atoms with Crippen LogP contribution in [0.2, 0.25) is 0 Å². The third-order valence-corrected chi connectivity index (χ3v) is 6.19. The van der Waals surface area contributed by atoms with Gasteiger partial charge in [-0.25, -0.2) is 19.7 Å². The standard InChI is InChI=1S/C25H32N6O3S/c1-25(2,3)34-24(32)28-15-16-5-9-18(10-6-16)29-22-26-12-11-19(30-22)21-20(17-7-8-17)31-23(35-21)27-13-14-33-4/h5-6,9-12,17H,7-8,13-15H2,1-4H3,(H,27,31)(H,28,32)(H,26,29,30). The Bertz CT molecular complexity index is 1140. The fourth-order valence-corrected chi connectivity index (χ4v) is 4.40. The highest BCUT2D eigenvalue weighted by molar-refractivity contribution is 7.19. The van der Waals surface area contributed by atoms with E-state index in [1.54, 1.807) is 24.6 Å². The molecule has 0 spiro atoms. The Morgan fingerprint density at radius 2 is 1.91 bits per heavy atom. The summed E-state index contributed by atoms with van der Waals surface area (Å²) in [7, 11) is 1.69. The van der Waals surface area contributed by atoms with Crippen LogP contribution in [0.5, 0.6) is 0 Å². The average Bonchev–Trinajstić information content (AvgIpc) is 3.57. The van der Waals surface area contributed by atoms with Gasteiger partial charge in [0.15, 0.2) is 5.13 Å². The molecule has 0 unspecified atom stereocenters. The number of nitrogens with one attached hydrogen (secondary N) is 3. The van der Waals surface area contributed by atoms with E-state index in [0.29, 0.717) is 31.6 Å². The molecule has 10 heteroatoms. The topological polar surface area (TPSA) is 110 Å². The van der Waals surface area contributed by atoms with Gasteiger partial charge in [-0.05, 0) is 57.4 Å². The first-order chi connectivity index (χ1) is 16.8. The van der Waals surface area contributed by atoms with Gasteiger partial charge in [-0.15, -0.1) is 0 Å². The minimum atomic E-state index is -0.521. The molecule has 1 aromatic carbocycles. The van der Waals surface area contributed by atoms with Gasteiger partial charge in [0.25, 0.3) is 0 Å². The maximum absolute atomic E-state index is 11.9. The van der Waals surface area contributed by atoms with Crippen molar-refractivity contribution in [1.82, 2.24) is 20.3 Å². The van der Waals surface area contributed by atoms with Crippen molar-refractivity contribution in [1.29, 1.82) is 0 Å². The Morgan fingerprint density at radius 1 is 1.14 bits per heavy atom. The largest absolute Gasteiger partial charge is 0.444 e. The number of nitrogens with zero attached hydrogens (tertiary/aromatic N) is 3. The maximum Gasteiger partial charge on any atom is 0.407 e. The van der Waals surface area contributed by atoms with E-state index in [1.807, 2.05) is 51.1 Å². The Morgan fingerprint density at radius 3 is 2.60 bits per heavy atom. The molecule has 1 aliphatic rings. The molecule has 35 heavy (non-hydrogen) atoms. The van der Waals surface area contributed by atoms with Gasteiger partial charge < -0.3 is 25.4 Å². The fraction of sp³-hybridized carbons (Fsp3) is 0.440. The van der Waals surface area contributed by atoms with E-state index < -0.39 is 11.7 Å². The van der Waals surface area contributed by atoms with Crippen molar-refractivity contribution in [2.75, 3.05) is 30.9 Å². The highest BCUT2D eigenvalue weighted by Gasteiger charge is 2.30. The second-order valence-electron chi connectivity index (χ2n) is 9.37. The van der Waals surface area contributed by atoms with Gasteiger partial charge in [0, 0.05) is 38.0 Å². The molecule has 2 heterocycles. The van der Waals surface area contributed by atoms with E-state index in [-0.39, 0.29) is 0 Å². The first-order valence-corrected chi connectivity index (χ1v) is 12.5. The van der Waals surface area contributed by atoms with Crippen LogP contribution in [-0.4, -0.2) is 46.9 Å². The third kappa shape index (κ3) is 7.37. The van der Waals surface area contributed by atoms with Crippen molar-refractivity contribution in [3.05, 3.63) is 47.8 Å². The molecule has 3 N–H and O–H groups in total. The summed E-state index contributed by atoms with van der Waals surface area (Å²) >= 11 is 1.62. The Balaban J connectivity index is 1.40. The van der Waals surface area contributed by atoms with Crippen molar-refractivity contribution in [3.8, 4) is 10.6 Å². The molecular weight excluding hydrogens is 464 g/mol. The number of rotatable bonds is 10. The van der Waals surface area contributed by atoms with Crippen LogP contribution in [0.15, 0.2) is 36.5 Å². The number of thiazole rings is 1. The number of ether oxygens (including phenoxy) is 2. The number of hydrogen-bond acceptors (Lipinski definition) is 9. The minimum absolute atomic E-state index is 0.386. The van der Waals surface area contributed by atoms with Gasteiger partial charge in [-0.1, -0.05) is 23.5 Å². The van der Waals surface area contributed by atoms with Gasteiger partial charge in [-0.2, -0.15) is 0 Å². The lowest BCUT2D eigenvalue weighted by atomic mass is 10.2. The van der Waals surface area contributed by atoms with E-state index >= 15 is 0 Å². The minimum Gasteiger partial charge on any atom is -0.444 e. The molecule has 1 amide bonds. The molecule has 0 radical (unpaired) electrons. The summed E-state index contributed by atoms with van der Waals surface area (Å²) in [6.45, 7) is 7.25. The molecule has 1 saturated carbocycles. The molecule has 0 aliphatic heterocycles. The Labute approximate surface area is 209 Å². The molecule has 1 fully saturated rings. The average molecular weight is 497 g/mol. The summed E-state index contributed by atoms with van der Waals surface area (Å²) in [5.74, 6) is 1.03. The number of benzene rings is 1. The number of carbonyl (C=O) groups is 1. The van der Waals surface area contributed by atoms with Gasteiger partial charge >= 0.3 is 6.09 Å². The number of alkyl carbamates (subject to hydrolysis) is 1. The molecule has 0 atom stereocenters. The smallest absolute Gasteiger partial charge is 0.407 e. The van der Waals surface area contributed by atoms with Crippen LogP contribution in [-0.2, 0) is 16.0 Å². The molecule has 1 aliphatic carbocycles. The first-order valence-electron chi connectivity index (χ1n) is 11.7. The second kappa shape index (κ2) is 11.0. The van der Waals surface area contributed by atoms with E-state index in [0.717, 1.165) is 32.6 Å². The molecule has 9 nitrogen and oxygen atoms in total. The summed E-state index contributed by atoms with van der Waals surface area (Å²) in [4.78, 5) is 26.9. The third-order valence-electron chi connectivity index (χ3n) is 5.13. The van der Waals surface area contributed by atoms with Crippen LogP contribution in [0.1, 0.15) is 50.8 Å². The maximum atomic E-state index is 11.9. The van der Waals surface area contributed by atoms with Crippen LogP contribution >= 0.6 is 11.3 Å². The van der Waals surface area contributed by atoms with E-state index in [4.69, 9.17) is 19.4 Å². The fourth-order valence-electron chi connectivity index (χ4n) is 3.35. The summed E-state index contributed by atoms with van der Waals surface area (Å²) in [5, 5.41) is 10.3. The molecule has 186 valence electrons. The van der Waals surface area contributed by atoms with Crippen LogP contribution in [0.3, 0.4) is 0 Å². The van der Waals surface area contributed by atoms with Gasteiger partial charge in [0.1, 0.15) is 5.60 Å². The SMILES string of the molecule is COCCNc1nc(C2CC2)c(-c2ccnc(Nc3ccc(CNC(=O)OC(C)(C)C)cc3)n2)s1. The lowest BCUT2D eigenvalue weighted by Crippen LogP contribution is -2.32. The van der Waals surface area contributed by atoms with Crippen LogP contribution < -0.4 is 16.0 Å². The lowest BCUT2D eigenvalue weighted by Gasteiger charge is -2.19. The molecule has 0 bridgehead atoms. The summed E-state index contributed by atoms with van der Waals surface area (Å²) in [6, 6.07) is 9.67. The predicted octanol–water partition coefficient (Wildman–Crippen LogP) is 5.30. The van der Waals surface area contributed by atoms with Crippen molar-refractivity contribution in [3.63, 3.8) is 0 Å².